The summed E-state index contributed by atoms with van der Waals surface area (Å²) in [6.07, 6.45) is 8.09. The lowest BCUT2D eigenvalue weighted by atomic mass is 10.2. The van der Waals surface area contributed by atoms with Gasteiger partial charge >= 0.3 is 0 Å². The Labute approximate surface area is 139 Å². The van der Waals surface area contributed by atoms with Gasteiger partial charge in [0.1, 0.15) is 12.4 Å². The summed E-state index contributed by atoms with van der Waals surface area (Å²) in [5, 5.41) is 3.34. The highest BCUT2D eigenvalue weighted by molar-refractivity contribution is 5.22. The molecule has 2 heterocycles. The molecule has 2 aromatic heterocycles. The number of aromatic nitrogens is 2. The normalized spacial score (nSPS) is 11.3. The van der Waals surface area contributed by atoms with Gasteiger partial charge in [-0.1, -0.05) is 13.8 Å². The predicted octanol–water partition coefficient (Wildman–Crippen LogP) is 2.35. The Kier molecular flexibility index (Phi) is 9.59. The number of nitrogens with zero attached hydrogens (tertiary/aromatic N) is 2. The third-order valence-electron chi connectivity index (χ3n) is 3.06. The van der Waals surface area contributed by atoms with Crippen LogP contribution in [-0.4, -0.2) is 35.7 Å². The SMILES string of the molecule is CC.Cc1cncc(OCC(N)CNCCc2ccncc2)c1. The summed E-state index contributed by atoms with van der Waals surface area (Å²) in [7, 11) is 0. The quantitative estimate of drug-likeness (QED) is 0.731. The number of hydrogen-bond acceptors (Lipinski definition) is 5. The number of pyridine rings is 2. The van der Waals surface area contributed by atoms with E-state index in [-0.39, 0.29) is 6.04 Å². The summed E-state index contributed by atoms with van der Waals surface area (Å²) in [5.41, 5.74) is 8.37. The minimum absolute atomic E-state index is 0.0389. The summed E-state index contributed by atoms with van der Waals surface area (Å²) < 4.78 is 5.63. The minimum atomic E-state index is -0.0389. The summed E-state index contributed by atoms with van der Waals surface area (Å²) >= 11 is 0. The Morgan fingerprint density at radius 1 is 1.17 bits per heavy atom. The van der Waals surface area contributed by atoms with E-state index in [4.69, 9.17) is 10.5 Å². The second-order valence-corrected chi connectivity index (χ2v) is 5.08. The number of aryl methyl sites for hydroxylation is 1. The van der Waals surface area contributed by atoms with Crippen LogP contribution in [0.4, 0.5) is 0 Å². The molecule has 0 aromatic carbocycles. The van der Waals surface area contributed by atoms with Crippen LogP contribution in [0.15, 0.2) is 43.0 Å². The molecule has 0 fully saturated rings. The van der Waals surface area contributed by atoms with E-state index in [1.54, 1.807) is 12.4 Å². The molecule has 0 amide bonds. The van der Waals surface area contributed by atoms with Crippen molar-refractivity contribution in [1.82, 2.24) is 15.3 Å². The first-order valence-corrected chi connectivity index (χ1v) is 8.13. The molecule has 126 valence electrons. The maximum Gasteiger partial charge on any atom is 0.137 e. The molecule has 1 unspecified atom stereocenters. The van der Waals surface area contributed by atoms with Gasteiger partial charge in [-0.05, 0) is 49.2 Å². The molecule has 23 heavy (non-hydrogen) atoms. The van der Waals surface area contributed by atoms with Crippen LogP contribution in [0.2, 0.25) is 0 Å². The van der Waals surface area contributed by atoms with Gasteiger partial charge in [0.25, 0.3) is 0 Å². The first-order chi connectivity index (χ1) is 11.2. The predicted molar refractivity (Wildman–Crippen MR) is 94.6 cm³/mol. The van der Waals surface area contributed by atoms with Gasteiger partial charge in [-0.25, -0.2) is 0 Å². The van der Waals surface area contributed by atoms with Gasteiger partial charge in [-0.15, -0.1) is 0 Å². The van der Waals surface area contributed by atoms with Crippen molar-refractivity contribution in [2.24, 2.45) is 5.73 Å². The zero-order valence-electron chi connectivity index (χ0n) is 14.3. The second-order valence-electron chi connectivity index (χ2n) is 5.08. The number of ether oxygens (including phenoxy) is 1. The monoisotopic (exact) mass is 316 g/mol. The van der Waals surface area contributed by atoms with Gasteiger partial charge in [-0.2, -0.15) is 0 Å². The Hall–Kier alpha value is -1.98. The summed E-state index contributed by atoms with van der Waals surface area (Å²) in [6.45, 7) is 8.09. The van der Waals surface area contributed by atoms with Crippen molar-refractivity contribution >= 4 is 0 Å². The molecule has 0 aliphatic heterocycles. The Morgan fingerprint density at radius 2 is 1.91 bits per heavy atom. The van der Waals surface area contributed by atoms with Crippen LogP contribution < -0.4 is 15.8 Å². The third-order valence-corrected chi connectivity index (χ3v) is 3.06. The molecule has 5 heteroatoms. The lowest BCUT2D eigenvalue weighted by Crippen LogP contribution is -2.39. The van der Waals surface area contributed by atoms with E-state index in [1.165, 1.54) is 5.56 Å². The van der Waals surface area contributed by atoms with Gasteiger partial charge < -0.3 is 15.8 Å². The van der Waals surface area contributed by atoms with Gasteiger partial charge in [-0.3, -0.25) is 9.97 Å². The molecule has 0 aliphatic rings. The van der Waals surface area contributed by atoms with E-state index in [0.717, 1.165) is 30.8 Å². The highest BCUT2D eigenvalue weighted by Gasteiger charge is 2.04. The molecular formula is C18H28N4O. The Morgan fingerprint density at radius 3 is 2.61 bits per heavy atom. The molecule has 0 radical (unpaired) electrons. The smallest absolute Gasteiger partial charge is 0.137 e. The third kappa shape index (κ3) is 8.28. The van der Waals surface area contributed by atoms with E-state index in [1.807, 2.05) is 51.4 Å². The van der Waals surface area contributed by atoms with Crippen LogP contribution >= 0.6 is 0 Å². The number of nitrogens with one attached hydrogen (secondary N) is 1. The van der Waals surface area contributed by atoms with Crippen molar-refractivity contribution in [3.63, 3.8) is 0 Å². The maximum atomic E-state index is 6.02. The second kappa shape index (κ2) is 11.6. The molecule has 0 saturated heterocycles. The molecule has 0 saturated carbocycles. The molecule has 1 atom stereocenters. The average molecular weight is 316 g/mol. The summed E-state index contributed by atoms with van der Waals surface area (Å²) in [6, 6.07) is 5.96. The standard InChI is InChI=1S/C16H22N4O.C2H6/c1-13-8-16(11-20-9-13)21-12-15(17)10-19-7-4-14-2-5-18-6-3-14;1-2/h2-3,5-6,8-9,11,15,19H,4,7,10,12,17H2,1H3;1-2H3. The number of hydrogen-bond donors (Lipinski definition) is 2. The van der Waals surface area contributed by atoms with Gasteiger partial charge in [0.05, 0.1) is 12.2 Å². The Bertz CT molecular complexity index is 534. The van der Waals surface area contributed by atoms with Crippen molar-refractivity contribution in [3.05, 3.63) is 54.1 Å². The molecule has 3 N–H and O–H groups in total. The van der Waals surface area contributed by atoms with Crippen molar-refractivity contribution < 1.29 is 4.74 Å². The fourth-order valence-corrected chi connectivity index (χ4v) is 1.94. The van der Waals surface area contributed by atoms with Crippen LogP contribution in [0.5, 0.6) is 5.75 Å². The number of nitrogens with two attached hydrogens (primary N) is 1. The molecule has 0 aliphatic carbocycles. The maximum absolute atomic E-state index is 6.02. The van der Waals surface area contributed by atoms with Crippen molar-refractivity contribution in [1.29, 1.82) is 0 Å². The van der Waals surface area contributed by atoms with Gasteiger partial charge in [0, 0.05) is 25.1 Å². The van der Waals surface area contributed by atoms with E-state index in [9.17, 15) is 0 Å². The van der Waals surface area contributed by atoms with Crippen molar-refractivity contribution in [2.75, 3.05) is 19.7 Å². The molecular weight excluding hydrogens is 288 g/mol. The van der Waals surface area contributed by atoms with Crippen molar-refractivity contribution in [2.45, 2.75) is 33.2 Å². The lowest BCUT2D eigenvalue weighted by Gasteiger charge is -2.14. The van der Waals surface area contributed by atoms with Crippen LogP contribution in [0.1, 0.15) is 25.0 Å². The zero-order valence-corrected chi connectivity index (χ0v) is 14.3. The van der Waals surface area contributed by atoms with Crippen LogP contribution in [-0.2, 0) is 6.42 Å². The van der Waals surface area contributed by atoms with E-state index in [0.29, 0.717) is 6.61 Å². The highest BCUT2D eigenvalue weighted by Crippen LogP contribution is 2.09. The van der Waals surface area contributed by atoms with Crippen LogP contribution in [0, 0.1) is 6.92 Å². The largest absolute Gasteiger partial charge is 0.490 e. The zero-order chi connectivity index (χ0) is 16.9. The topological polar surface area (TPSA) is 73.1 Å². The fraction of sp³-hybridized carbons (Fsp3) is 0.444. The van der Waals surface area contributed by atoms with E-state index in [2.05, 4.69) is 15.3 Å². The van der Waals surface area contributed by atoms with Gasteiger partial charge in [0.2, 0.25) is 0 Å². The van der Waals surface area contributed by atoms with Crippen molar-refractivity contribution in [3.8, 4) is 5.75 Å². The van der Waals surface area contributed by atoms with E-state index >= 15 is 0 Å². The number of rotatable bonds is 8. The first-order valence-electron chi connectivity index (χ1n) is 8.13. The van der Waals surface area contributed by atoms with Crippen LogP contribution in [0.3, 0.4) is 0 Å². The fourth-order valence-electron chi connectivity index (χ4n) is 1.94. The molecule has 5 nitrogen and oxygen atoms in total. The van der Waals surface area contributed by atoms with Crippen LogP contribution in [0.25, 0.3) is 0 Å². The molecule has 2 aromatic rings. The first kappa shape index (κ1) is 19.1. The van der Waals surface area contributed by atoms with Gasteiger partial charge in [0.15, 0.2) is 0 Å². The molecule has 0 spiro atoms. The molecule has 0 bridgehead atoms. The lowest BCUT2D eigenvalue weighted by molar-refractivity contribution is 0.283. The summed E-state index contributed by atoms with van der Waals surface area (Å²) in [4.78, 5) is 8.08. The highest BCUT2D eigenvalue weighted by atomic mass is 16.5. The molecule has 2 rings (SSSR count). The Balaban J connectivity index is 0.00000127. The minimum Gasteiger partial charge on any atom is -0.490 e. The summed E-state index contributed by atoms with van der Waals surface area (Å²) in [5.74, 6) is 0.766. The average Bonchev–Trinajstić information content (AvgIpc) is 2.60. The van der Waals surface area contributed by atoms with E-state index < -0.39 is 0 Å².